The molecule has 5 N–H and O–H groups in total. The average Bonchev–Trinajstić information content (AvgIpc) is 3.51. The van der Waals surface area contributed by atoms with E-state index in [0.29, 0.717) is 47.2 Å². The first kappa shape index (κ1) is 34.0. The van der Waals surface area contributed by atoms with Gasteiger partial charge in [-0.1, -0.05) is 73.1 Å². The normalized spacial score (nSPS) is 17.7. The summed E-state index contributed by atoms with van der Waals surface area (Å²) in [7, 11) is 1.80. The van der Waals surface area contributed by atoms with Crippen LogP contribution in [0.25, 0.3) is 0 Å². The standard InChI is InChI=1S/C34H41N7O5S/c1-41-34(38-39-40-41)47-22-27-20-30(24-14-12-23(21-42)13-15-24)46-33(45-27)25-16-18-26(19-17-25)36-31(43)10-4-2-3-5-11-32(44)37-29-9-7-6-8-28(29)35/h6-9,12-19,27,30,33,42H,2-5,10-11,20-22,35H2,1H3,(H,36,43)(H,37,44)/t27-,30+,33+/m0/s1. The van der Waals surface area contributed by atoms with Crippen molar-refractivity contribution < 1.29 is 24.2 Å². The predicted molar refractivity (Wildman–Crippen MR) is 180 cm³/mol. The van der Waals surface area contributed by atoms with Crippen molar-refractivity contribution >= 4 is 40.6 Å². The quantitative estimate of drug-likeness (QED) is 0.0723. The van der Waals surface area contributed by atoms with Crippen LogP contribution in [0.3, 0.4) is 0 Å². The number of aromatic nitrogens is 4. The molecular formula is C34H41N7O5S. The third kappa shape index (κ3) is 10.1. The number of unbranched alkanes of at least 4 members (excludes halogenated alkanes) is 3. The zero-order chi connectivity index (χ0) is 33.0. The maximum atomic E-state index is 12.6. The summed E-state index contributed by atoms with van der Waals surface area (Å²) in [6.07, 6.45) is 3.74. The molecule has 47 heavy (non-hydrogen) atoms. The molecule has 0 radical (unpaired) electrons. The number of aliphatic hydroxyl groups is 1. The van der Waals surface area contributed by atoms with Gasteiger partial charge in [-0.3, -0.25) is 9.59 Å². The van der Waals surface area contributed by atoms with Crippen molar-refractivity contribution in [3.63, 3.8) is 0 Å². The highest BCUT2D eigenvalue weighted by Gasteiger charge is 2.32. The van der Waals surface area contributed by atoms with Gasteiger partial charge in [0.25, 0.3) is 0 Å². The SMILES string of the molecule is Cn1nnnc1SC[C@@H]1C[C@H](c2ccc(CO)cc2)O[C@H](c2ccc(NC(=O)CCCCCCC(=O)Nc3ccccc3N)cc2)O1. The highest BCUT2D eigenvalue weighted by molar-refractivity contribution is 7.99. The number of para-hydroxylation sites is 2. The Labute approximate surface area is 278 Å². The number of anilines is 3. The third-order valence-electron chi connectivity index (χ3n) is 7.85. The lowest BCUT2D eigenvalue weighted by molar-refractivity contribution is -0.245. The van der Waals surface area contributed by atoms with Crippen molar-refractivity contribution in [1.82, 2.24) is 20.2 Å². The van der Waals surface area contributed by atoms with Gasteiger partial charge in [0, 0.05) is 43.3 Å². The topological polar surface area (TPSA) is 167 Å². The van der Waals surface area contributed by atoms with Crippen LogP contribution >= 0.6 is 11.8 Å². The molecule has 1 fully saturated rings. The molecule has 1 aliphatic rings. The number of nitrogen functional groups attached to an aromatic ring is 1. The van der Waals surface area contributed by atoms with Crippen LogP contribution in [0, 0.1) is 0 Å². The van der Waals surface area contributed by atoms with Gasteiger partial charge in [0.15, 0.2) is 6.29 Å². The van der Waals surface area contributed by atoms with Crippen molar-refractivity contribution in [2.45, 2.75) is 75.2 Å². The van der Waals surface area contributed by atoms with Gasteiger partial charge < -0.3 is 30.9 Å². The number of nitrogens with zero attached hydrogens (tertiary/aromatic N) is 4. The minimum absolute atomic E-state index is 0.0162. The van der Waals surface area contributed by atoms with E-state index in [-0.39, 0.29) is 30.6 Å². The van der Waals surface area contributed by atoms with Crippen LogP contribution in [-0.2, 0) is 32.7 Å². The zero-order valence-corrected chi connectivity index (χ0v) is 27.2. The van der Waals surface area contributed by atoms with Crippen molar-refractivity contribution in [1.29, 1.82) is 0 Å². The molecule has 0 unspecified atom stereocenters. The predicted octanol–water partition coefficient (Wildman–Crippen LogP) is 5.54. The van der Waals surface area contributed by atoms with Crippen LogP contribution in [0.5, 0.6) is 0 Å². The summed E-state index contributed by atoms with van der Waals surface area (Å²) in [6.45, 7) is -0.0162. The highest BCUT2D eigenvalue weighted by atomic mass is 32.2. The number of nitrogens with one attached hydrogen (secondary N) is 2. The first-order valence-electron chi connectivity index (χ1n) is 15.8. The monoisotopic (exact) mass is 659 g/mol. The smallest absolute Gasteiger partial charge is 0.224 e. The van der Waals surface area contributed by atoms with Crippen molar-refractivity contribution in [2.24, 2.45) is 7.05 Å². The molecule has 2 amide bonds. The van der Waals surface area contributed by atoms with E-state index >= 15 is 0 Å². The Kier molecular flexibility index (Phi) is 12.3. The van der Waals surface area contributed by atoms with E-state index in [0.717, 1.165) is 42.4 Å². The fourth-order valence-corrected chi connectivity index (χ4v) is 6.10. The molecule has 3 aromatic carbocycles. The number of aliphatic hydroxyl groups excluding tert-OH is 1. The van der Waals surface area contributed by atoms with Crippen LogP contribution < -0.4 is 16.4 Å². The second-order valence-corrected chi connectivity index (χ2v) is 12.5. The van der Waals surface area contributed by atoms with Gasteiger partial charge >= 0.3 is 0 Å². The fraction of sp³-hybridized carbons (Fsp3) is 0.382. The number of carbonyl (C=O) groups is 2. The van der Waals surface area contributed by atoms with Gasteiger partial charge in [0.1, 0.15) is 0 Å². The number of benzene rings is 3. The van der Waals surface area contributed by atoms with Crippen LogP contribution in [0.1, 0.15) is 74.0 Å². The maximum absolute atomic E-state index is 12.6. The number of ether oxygens (including phenoxy) is 2. The van der Waals surface area contributed by atoms with E-state index < -0.39 is 6.29 Å². The average molecular weight is 660 g/mol. The molecule has 2 heterocycles. The second kappa shape index (κ2) is 17.0. The van der Waals surface area contributed by atoms with Crippen molar-refractivity contribution in [3.05, 3.63) is 89.5 Å². The second-order valence-electron chi connectivity index (χ2n) is 11.5. The first-order valence-corrected chi connectivity index (χ1v) is 16.8. The first-order chi connectivity index (χ1) is 22.9. The lowest BCUT2D eigenvalue weighted by Gasteiger charge is -2.36. The Bertz CT molecular complexity index is 1600. The Morgan fingerprint density at radius 1 is 0.915 bits per heavy atom. The number of carbonyl (C=O) groups excluding carboxylic acids is 2. The molecule has 0 aliphatic carbocycles. The van der Waals surface area contributed by atoms with E-state index in [9.17, 15) is 14.7 Å². The van der Waals surface area contributed by atoms with Crippen molar-refractivity contribution in [3.8, 4) is 0 Å². The summed E-state index contributed by atoms with van der Waals surface area (Å²) in [4.78, 5) is 24.8. The summed E-state index contributed by atoms with van der Waals surface area (Å²) in [5.41, 5.74) is 10.4. The third-order valence-corrected chi connectivity index (χ3v) is 9.00. The number of hydrogen-bond acceptors (Lipinski definition) is 10. The van der Waals surface area contributed by atoms with E-state index in [1.165, 1.54) is 11.8 Å². The molecule has 248 valence electrons. The van der Waals surface area contributed by atoms with Crippen LogP contribution in [0.4, 0.5) is 17.1 Å². The molecule has 0 bridgehead atoms. The van der Waals surface area contributed by atoms with Gasteiger partial charge in [-0.05, 0) is 58.7 Å². The van der Waals surface area contributed by atoms with Crippen LogP contribution in [0.15, 0.2) is 78.0 Å². The number of aryl methyl sites for hydroxylation is 1. The van der Waals surface area contributed by atoms with Gasteiger partial charge in [-0.15, -0.1) is 5.10 Å². The molecule has 0 saturated carbocycles. The van der Waals surface area contributed by atoms with Gasteiger partial charge in [-0.2, -0.15) is 0 Å². The number of amides is 2. The summed E-state index contributed by atoms with van der Waals surface area (Å²) in [6, 6.07) is 22.5. The van der Waals surface area contributed by atoms with Crippen molar-refractivity contribution in [2.75, 3.05) is 22.1 Å². The van der Waals surface area contributed by atoms with E-state index in [2.05, 4.69) is 26.2 Å². The molecule has 0 spiro atoms. The van der Waals surface area contributed by atoms with Gasteiger partial charge in [0.2, 0.25) is 17.0 Å². The summed E-state index contributed by atoms with van der Waals surface area (Å²) >= 11 is 1.53. The molecule has 13 heteroatoms. The van der Waals surface area contributed by atoms with Crippen LogP contribution in [0.2, 0.25) is 0 Å². The Balaban J connectivity index is 1.08. The molecular weight excluding hydrogens is 618 g/mol. The molecule has 1 aromatic heterocycles. The molecule has 12 nitrogen and oxygen atoms in total. The number of thioether (sulfide) groups is 1. The molecule has 3 atom stereocenters. The number of nitrogens with two attached hydrogens (primary N) is 1. The molecule has 5 rings (SSSR count). The molecule has 1 aliphatic heterocycles. The molecule has 1 saturated heterocycles. The summed E-state index contributed by atoms with van der Waals surface area (Å²) < 4.78 is 14.4. The van der Waals surface area contributed by atoms with E-state index in [4.69, 9.17) is 15.2 Å². The Morgan fingerprint density at radius 3 is 2.26 bits per heavy atom. The lowest BCUT2D eigenvalue weighted by atomic mass is 10.0. The Morgan fingerprint density at radius 2 is 1.60 bits per heavy atom. The Hall–Kier alpha value is -4.30. The van der Waals surface area contributed by atoms with E-state index in [1.54, 1.807) is 23.9 Å². The van der Waals surface area contributed by atoms with Crippen LogP contribution in [-0.4, -0.2) is 49.0 Å². The summed E-state index contributed by atoms with van der Waals surface area (Å²) in [5, 5.41) is 27.6. The van der Waals surface area contributed by atoms with E-state index in [1.807, 2.05) is 60.7 Å². The van der Waals surface area contributed by atoms with Gasteiger partial charge in [0.05, 0.1) is 30.2 Å². The minimum atomic E-state index is -0.605. The minimum Gasteiger partial charge on any atom is -0.397 e. The summed E-state index contributed by atoms with van der Waals surface area (Å²) in [5.74, 6) is 0.528. The van der Waals surface area contributed by atoms with Gasteiger partial charge in [-0.25, -0.2) is 4.68 Å². The number of hydrogen-bond donors (Lipinski definition) is 4. The lowest BCUT2D eigenvalue weighted by Crippen LogP contribution is -2.31. The zero-order valence-electron chi connectivity index (χ0n) is 26.4. The highest BCUT2D eigenvalue weighted by Crippen LogP contribution is 2.39. The largest absolute Gasteiger partial charge is 0.397 e. The molecule has 4 aromatic rings. The fourth-order valence-electron chi connectivity index (χ4n) is 5.23. The number of rotatable bonds is 15. The number of tetrazole rings is 1. The maximum Gasteiger partial charge on any atom is 0.224 e.